The molecule has 0 bridgehead atoms. The van der Waals surface area contributed by atoms with Crippen LogP contribution in [0.4, 0.5) is 5.13 Å². The van der Waals surface area contributed by atoms with E-state index < -0.39 is 0 Å². The summed E-state index contributed by atoms with van der Waals surface area (Å²) in [6, 6.07) is 4.31. The molecule has 0 amide bonds. The van der Waals surface area contributed by atoms with E-state index in [0.29, 0.717) is 12.6 Å². The topological polar surface area (TPSA) is 60.4 Å². The van der Waals surface area contributed by atoms with Crippen LogP contribution in [0.25, 0.3) is 0 Å². The Hall–Kier alpha value is -1.57. The fourth-order valence-corrected chi connectivity index (χ4v) is 4.12. The molecule has 2 fully saturated rings. The zero-order valence-corrected chi connectivity index (χ0v) is 13.9. The van der Waals surface area contributed by atoms with Gasteiger partial charge < -0.3 is 14.4 Å². The molecule has 4 rings (SSSR count). The average Bonchev–Trinajstić information content (AvgIpc) is 3.18. The lowest BCUT2D eigenvalue weighted by Crippen LogP contribution is -2.42. The van der Waals surface area contributed by atoms with Crippen molar-refractivity contribution in [3.63, 3.8) is 0 Å². The maximum Gasteiger partial charge on any atom is 0.208 e. The van der Waals surface area contributed by atoms with Crippen molar-refractivity contribution in [3.8, 4) is 0 Å². The van der Waals surface area contributed by atoms with Crippen molar-refractivity contribution in [2.75, 3.05) is 18.1 Å². The summed E-state index contributed by atoms with van der Waals surface area (Å²) in [4.78, 5) is 6.46. The third-order valence-corrected chi connectivity index (χ3v) is 5.30. The Morgan fingerprint density at radius 3 is 3.17 bits per heavy atom. The number of aryl methyl sites for hydroxylation is 1. The van der Waals surface area contributed by atoms with Gasteiger partial charge in [0.2, 0.25) is 5.13 Å². The Bertz CT molecular complexity index is 651. The van der Waals surface area contributed by atoms with Crippen LogP contribution >= 0.6 is 11.3 Å². The first-order valence-electron chi connectivity index (χ1n) is 8.00. The van der Waals surface area contributed by atoms with E-state index in [4.69, 9.17) is 9.47 Å². The van der Waals surface area contributed by atoms with Crippen LogP contribution in [0.5, 0.6) is 0 Å². The quantitative estimate of drug-likeness (QED) is 0.855. The number of pyridine rings is 1. The zero-order valence-electron chi connectivity index (χ0n) is 13.1. The van der Waals surface area contributed by atoms with Gasteiger partial charge in [-0.1, -0.05) is 17.4 Å². The summed E-state index contributed by atoms with van der Waals surface area (Å²) in [6.45, 7) is 4.18. The van der Waals surface area contributed by atoms with Crippen LogP contribution in [0.1, 0.15) is 23.4 Å². The molecule has 7 heteroatoms. The van der Waals surface area contributed by atoms with Crippen LogP contribution in [0.3, 0.4) is 0 Å². The molecule has 2 aliphatic heterocycles. The molecule has 2 aromatic rings. The van der Waals surface area contributed by atoms with E-state index in [1.54, 1.807) is 17.5 Å². The molecule has 122 valence electrons. The molecule has 0 aliphatic carbocycles. The number of fused-ring (bicyclic) bond motifs is 1. The van der Waals surface area contributed by atoms with Crippen molar-refractivity contribution < 1.29 is 9.47 Å². The third kappa shape index (κ3) is 3.08. The second-order valence-corrected chi connectivity index (χ2v) is 7.17. The van der Waals surface area contributed by atoms with Gasteiger partial charge in [0.15, 0.2) is 0 Å². The van der Waals surface area contributed by atoms with E-state index in [1.807, 2.05) is 25.3 Å². The summed E-state index contributed by atoms with van der Waals surface area (Å²) in [7, 11) is 0. The number of hydrogen-bond acceptors (Lipinski definition) is 7. The minimum absolute atomic E-state index is 0.0599. The van der Waals surface area contributed by atoms with Crippen LogP contribution in [-0.2, 0) is 16.1 Å². The van der Waals surface area contributed by atoms with Crippen LogP contribution in [0, 0.1) is 6.92 Å². The SMILES string of the molecule is Cc1nnc(N2C[C@H](OCc3cccnc3)[C@H]3OCCC[C@H]32)s1. The molecule has 0 spiro atoms. The van der Waals surface area contributed by atoms with Crippen LogP contribution in [-0.4, -0.2) is 46.6 Å². The normalized spacial score (nSPS) is 27.2. The van der Waals surface area contributed by atoms with E-state index in [2.05, 4.69) is 20.1 Å². The van der Waals surface area contributed by atoms with E-state index in [1.165, 1.54) is 0 Å². The molecular weight excluding hydrogens is 312 g/mol. The molecule has 0 saturated carbocycles. The first kappa shape index (κ1) is 15.0. The molecule has 3 atom stereocenters. The molecule has 2 saturated heterocycles. The number of hydrogen-bond donors (Lipinski definition) is 0. The van der Waals surface area contributed by atoms with Crippen LogP contribution in [0.2, 0.25) is 0 Å². The first-order chi connectivity index (χ1) is 11.3. The zero-order chi connectivity index (χ0) is 15.6. The molecule has 2 aromatic heterocycles. The molecule has 2 aliphatic rings. The lowest BCUT2D eigenvalue weighted by Gasteiger charge is -2.31. The first-order valence-corrected chi connectivity index (χ1v) is 8.82. The average molecular weight is 332 g/mol. The van der Waals surface area contributed by atoms with Crippen molar-refractivity contribution in [2.24, 2.45) is 0 Å². The van der Waals surface area contributed by atoms with Crippen molar-refractivity contribution in [1.29, 1.82) is 0 Å². The second-order valence-electron chi connectivity index (χ2n) is 6.01. The van der Waals surface area contributed by atoms with Crippen LogP contribution < -0.4 is 4.90 Å². The molecule has 4 heterocycles. The Morgan fingerprint density at radius 2 is 2.39 bits per heavy atom. The molecule has 0 aromatic carbocycles. The lowest BCUT2D eigenvalue weighted by atomic mass is 10.0. The summed E-state index contributed by atoms with van der Waals surface area (Å²) in [5.41, 5.74) is 1.09. The standard InChI is InChI=1S/C16H20N4O2S/c1-11-18-19-16(23-11)20-9-14(15-13(20)5-3-7-21-15)22-10-12-4-2-6-17-8-12/h2,4,6,8,13-15H,3,5,7,9-10H2,1H3/t13-,14+,15+/m1/s1. The maximum atomic E-state index is 6.17. The van der Waals surface area contributed by atoms with Crippen molar-refractivity contribution in [2.45, 2.75) is 44.6 Å². The van der Waals surface area contributed by atoms with Gasteiger partial charge in [-0.2, -0.15) is 0 Å². The summed E-state index contributed by atoms with van der Waals surface area (Å²) >= 11 is 1.64. The van der Waals surface area contributed by atoms with Gasteiger partial charge >= 0.3 is 0 Å². The molecular formula is C16H20N4O2S. The lowest BCUT2D eigenvalue weighted by molar-refractivity contribution is -0.0784. The molecule has 23 heavy (non-hydrogen) atoms. The van der Waals surface area contributed by atoms with Crippen LogP contribution in [0.15, 0.2) is 24.5 Å². The number of anilines is 1. The molecule has 0 N–H and O–H groups in total. The van der Waals surface area contributed by atoms with Gasteiger partial charge in [0.25, 0.3) is 0 Å². The Balaban J connectivity index is 1.49. The summed E-state index contributed by atoms with van der Waals surface area (Å²) in [5, 5.41) is 10.4. The largest absolute Gasteiger partial charge is 0.373 e. The van der Waals surface area contributed by atoms with E-state index >= 15 is 0 Å². The van der Waals surface area contributed by atoms with Gasteiger partial charge in [0.05, 0.1) is 12.6 Å². The van der Waals surface area contributed by atoms with E-state index in [0.717, 1.165) is 41.7 Å². The highest BCUT2D eigenvalue weighted by Crippen LogP contribution is 2.35. The van der Waals surface area contributed by atoms with E-state index in [9.17, 15) is 0 Å². The highest BCUT2D eigenvalue weighted by molar-refractivity contribution is 7.15. The van der Waals surface area contributed by atoms with Gasteiger partial charge in [-0.05, 0) is 31.4 Å². The van der Waals surface area contributed by atoms with E-state index in [-0.39, 0.29) is 12.2 Å². The van der Waals surface area contributed by atoms with Crippen molar-refractivity contribution >= 4 is 16.5 Å². The van der Waals surface area contributed by atoms with Gasteiger partial charge in [0, 0.05) is 25.5 Å². The van der Waals surface area contributed by atoms with Gasteiger partial charge in [-0.15, -0.1) is 10.2 Å². The number of aromatic nitrogens is 3. The Labute approximate surface area is 139 Å². The van der Waals surface area contributed by atoms with Gasteiger partial charge in [-0.3, -0.25) is 4.98 Å². The summed E-state index contributed by atoms with van der Waals surface area (Å²) < 4.78 is 12.2. The predicted octanol–water partition coefficient (Wildman–Crippen LogP) is 2.19. The van der Waals surface area contributed by atoms with Crippen molar-refractivity contribution in [3.05, 3.63) is 35.1 Å². The minimum atomic E-state index is 0.0599. The van der Waals surface area contributed by atoms with Gasteiger partial charge in [-0.25, -0.2) is 0 Å². The second kappa shape index (κ2) is 6.51. The monoisotopic (exact) mass is 332 g/mol. The minimum Gasteiger partial charge on any atom is -0.373 e. The third-order valence-electron chi connectivity index (χ3n) is 4.43. The Morgan fingerprint density at radius 1 is 1.43 bits per heavy atom. The predicted molar refractivity (Wildman–Crippen MR) is 87.6 cm³/mol. The molecule has 6 nitrogen and oxygen atoms in total. The highest BCUT2D eigenvalue weighted by atomic mass is 32.1. The molecule has 0 radical (unpaired) electrons. The smallest absolute Gasteiger partial charge is 0.208 e. The fraction of sp³-hybridized carbons (Fsp3) is 0.562. The number of ether oxygens (including phenoxy) is 2. The fourth-order valence-electron chi connectivity index (χ4n) is 3.37. The molecule has 0 unspecified atom stereocenters. The maximum absolute atomic E-state index is 6.17. The van der Waals surface area contributed by atoms with Crippen molar-refractivity contribution in [1.82, 2.24) is 15.2 Å². The summed E-state index contributed by atoms with van der Waals surface area (Å²) in [6.07, 6.45) is 6.01. The Kier molecular flexibility index (Phi) is 4.24. The highest BCUT2D eigenvalue weighted by Gasteiger charge is 2.45. The van der Waals surface area contributed by atoms with Gasteiger partial charge in [0.1, 0.15) is 17.2 Å². The number of nitrogens with zero attached hydrogens (tertiary/aromatic N) is 4. The summed E-state index contributed by atoms with van der Waals surface area (Å²) in [5.74, 6) is 0. The number of rotatable bonds is 4.